The van der Waals surface area contributed by atoms with Crippen molar-refractivity contribution in [1.29, 1.82) is 0 Å². The van der Waals surface area contributed by atoms with E-state index in [9.17, 15) is 4.79 Å². The molecule has 0 spiro atoms. The quantitative estimate of drug-likeness (QED) is 0.736. The molecule has 1 unspecified atom stereocenters. The van der Waals surface area contributed by atoms with Crippen LogP contribution in [0.15, 0.2) is 18.2 Å². The van der Waals surface area contributed by atoms with Gasteiger partial charge in [0.1, 0.15) is 0 Å². The van der Waals surface area contributed by atoms with Crippen molar-refractivity contribution in [1.82, 2.24) is 0 Å². The molecule has 2 nitrogen and oxygen atoms in total. The maximum Gasteiger partial charge on any atom is 0.175 e. The lowest BCUT2D eigenvalue weighted by atomic mass is 10.0. The van der Waals surface area contributed by atoms with Gasteiger partial charge in [0.05, 0.1) is 18.5 Å². The van der Waals surface area contributed by atoms with E-state index >= 15 is 0 Å². The van der Waals surface area contributed by atoms with Crippen molar-refractivity contribution in [2.75, 3.05) is 5.75 Å². The molecule has 1 aromatic rings. The summed E-state index contributed by atoms with van der Waals surface area (Å²) in [6.45, 7) is 1.36. The van der Waals surface area contributed by atoms with Crippen LogP contribution in [0.2, 0.25) is 0 Å². The molecule has 0 aliphatic carbocycles. The minimum absolute atomic E-state index is 0.195. The molecule has 0 bridgehead atoms. The smallest absolute Gasteiger partial charge is 0.175 e. The van der Waals surface area contributed by atoms with Crippen molar-refractivity contribution in [2.24, 2.45) is 0 Å². The lowest BCUT2D eigenvalue weighted by Gasteiger charge is -2.08. The molecule has 0 amide bonds. The third kappa shape index (κ3) is 1.78. The van der Waals surface area contributed by atoms with Crippen LogP contribution in [0.3, 0.4) is 0 Å². The highest BCUT2D eigenvalue weighted by Gasteiger charge is 2.25. The molecule has 3 heteroatoms. The zero-order valence-electron chi connectivity index (χ0n) is 9.07. The van der Waals surface area contributed by atoms with Gasteiger partial charge in [0.15, 0.2) is 5.78 Å². The zero-order valence-corrected chi connectivity index (χ0v) is 9.89. The van der Waals surface area contributed by atoms with Crippen molar-refractivity contribution in [3.63, 3.8) is 0 Å². The lowest BCUT2D eigenvalue weighted by Crippen LogP contribution is -2.14. The summed E-state index contributed by atoms with van der Waals surface area (Å²) < 4.78 is 5.36. The molecule has 0 saturated carbocycles. The number of hydrogen-bond donors (Lipinski definition) is 0. The standard InChI is InChI=1S/C13H14O2S/c14-13(12-2-1-5-16-12)9-3-4-10-7-15-8-11(10)6-9/h3-4,6,12H,1-2,5,7-8H2. The van der Waals surface area contributed by atoms with Crippen LogP contribution in [0.5, 0.6) is 0 Å². The molecular weight excluding hydrogens is 220 g/mol. The second-order valence-electron chi connectivity index (χ2n) is 4.34. The van der Waals surface area contributed by atoms with Gasteiger partial charge in [-0.3, -0.25) is 4.79 Å². The van der Waals surface area contributed by atoms with E-state index in [1.807, 2.05) is 18.2 Å². The molecule has 1 aromatic carbocycles. The number of hydrogen-bond acceptors (Lipinski definition) is 3. The highest BCUT2D eigenvalue weighted by atomic mass is 32.2. The van der Waals surface area contributed by atoms with Crippen LogP contribution in [-0.4, -0.2) is 16.8 Å². The molecule has 3 rings (SSSR count). The summed E-state index contributed by atoms with van der Waals surface area (Å²) in [5.41, 5.74) is 3.29. The minimum atomic E-state index is 0.195. The van der Waals surface area contributed by atoms with Crippen LogP contribution in [0, 0.1) is 0 Å². The van der Waals surface area contributed by atoms with Gasteiger partial charge in [-0.15, -0.1) is 0 Å². The SMILES string of the molecule is O=C(c1ccc2c(c1)COC2)C1CCCS1. The van der Waals surface area contributed by atoms with Crippen LogP contribution in [0.25, 0.3) is 0 Å². The number of rotatable bonds is 2. The van der Waals surface area contributed by atoms with Crippen LogP contribution >= 0.6 is 11.8 Å². The van der Waals surface area contributed by atoms with Gasteiger partial charge in [0.25, 0.3) is 0 Å². The van der Waals surface area contributed by atoms with Gasteiger partial charge in [0, 0.05) is 5.56 Å². The maximum absolute atomic E-state index is 12.2. The second-order valence-corrected chi connectivity index (χ2v) is 5.65. The average Bonchev–Trinajstić information content (AvgIpc) is 2.98. The van der Waals surface area contributed by atoms with E-state index in [1.54, 1.807) is 11.8 Å². The molecule has 0 radical (unpaired) electrons. The Morgan fingerprint density at radius 2 is 2.19 bits per heavy atom. The lowest BCUT2D eigenvalue weighted by molar-refractivity contribution is 0.0988. The van der Waals surface area contributed by atoms with E-state index in [0.717, 1.165) is 17.7 Å². The highest BCUT2D eigenvalue weighted by molar-refractivity contribution is 8.00. The van der Waals surface area contributed by atoms with E-state index < -0.39 is 0 Å². The number of carbonyl (C=O) groups excluding carboxylic acids is 1. The summed E-state index contributed by atoms with van der Waals surface area (Å²) in [5, 5.41) is 0.195. The molecule has 2 aliphatic rings. The molecule has 16 heavy (non-hydrogen) atoms. The molecule has 1 saturated heterocycles. The van der Waals surface area contributed by atoms with Gasteiger partial charge in [-0.05, 0) is 35.8 Å². The minimum Gasteiger partial charge on any atom is -0.372 e. The molecular formula is C13H14O2S. The topological polar surface area (TPSA) is 26.3 Å². The van der Waals surface area contributed by atoms with Gasteiger partial charge in [-0.25, -0.2) is 0 Å². The summed E-state index contributed by atoms with van der Waals surface area (Å²) >= 11 is 1.80. The fourth-order valence-corrected chi connectivity index (χ4v) is 3.53. The van der Waals surface area contributed by atoms with Gasteiger partial charge in [-0.1, -0.05) is 12.1 Å². The molecule has 0 aromatic heterocycles. The first-order chi connectivity index (χ1) is 7.84. The summed E-state index contributed by atoms with van der Waals surface area (Å²) in [5.74, 6) is 1.43. The third-order valence-electron chi connectivity index (χ3n) is 3.23. The largest absolute Gasteiger partial charge is 0.372 e. The molecule has 1 fully saturated rings. The number of thioether (sulfide) groups is 1. The maximum atomic E-state index is 12.2. The predicted molar refractivity (Wildman–Crippen MR) is 64.7 cm³/mol. The predicted octanol–water partition coefficient (Wildman–Crippen LogP) is 2.80. The van der Waals surface area contributed by atoms with E-state index in [2.05, 4.69) is 0 Å². The number of benzene rings is 1. The molecule has 2 heterocycles. The van der Waals surface area contributed by atoms with Gasteiger partial charge in [0.2, 0.25) is 0 Å². The summed E-state index contributed by atoms with van der Waals surface area (Å²) in [6.07, 6.45) is 2.21. The van der Waals surface area contributed by atoms with E-state index in [1.165, 1.54) is 17.5 Å². The summed E-state index contributed by atoms with van der Waals surface area (Å²) in [6, 6.07) is 6.01. The third-order valence-corrected chi connectivity index (χ3v) is 4.60. The number of Topliss-reactive ketones (excluding diaryl/α,β-unsaturated/α-hetero) is 1. The normalized spacial score (nSPS) is 23.4. The van der Waals surface area contributed by atoms with Crippen LogP contribution in [0.4, 0.5) is 0 Å². The van der Waals surface area contributed by atoms with E-state index in [4.69, 9.17) is 4.74 Å². The number of fused-ring (bicyclic) bond motifs is 1. The van der Waals surface area contributed by atoms with Gasteiger partial charge in [-0.2, -0.15) is 11.8 Å². The molecule has 84 valence electrons. The summed E-state index contributed by atoms with van der Waals surface area (Å²) in [7, 11) is 0. The van der Waals surface area contributed by atoms with Crippen molar-refractivity contribution in [2.45, 2.75) is 31.3 Å². The van der Waals surface area contributed by atoms with Crippen LogP contribution in [0.1, 0.15) is 34.3 Å². The average molecular weight is 234 g/mol. The first kappa shape index (κ1) is 10.4. The monoisotopic (exact) mass is 234 g/mol. The summed E-state index contributed by atoms with van der Waals surface area (Å²) in [4.78, 5) is 12.2. The first-order valence-electron chi connectivity index (χ1n) is 5.70. The Morgan fingerprint density at radius 1 is 1.31 bits per heavy atom. The van der Waals surface area contributed by atoms with Crippen LogP contribution < -0.4 is 0 Å². The second kappa shape index (κ2) is 4.22. The Hall–Kier alpha value is -0.800. The van der Waals surface area contributed by atoms with Gasteiger partial charge < -0.3 is 4.74 Å². The van der Waals surface area contributed by atoms with Crippen molar-refractivity contribution >= 4 is 17.5 Å². The first-order valence-corrected chi connectivity index (χ1v) is 6.75. The number of carbonyl (C=O) groups is 1. The Bertz CT molecular complexity index is 422. The molecule has 2 aliphatic heterocycles. The highest BCUT2D eigenvalue weighted by Crippen LogP contribution is 2.30. The Labute approximate surface area is 99.4 Å². The zero-order chi connectivity index (χ0) is 11.0. The Kier molecular flexibility index (Phi) is 2.74. The van der Waals surface area contributed by atoms with Crippen LogP contribution in [-0.2, 0) is 18.0 Å². The van der Waals surface area contributed by atoms with Crippen molar-refractivity contribution in [3.8, 4) is 0 Å². The Morgan fingerprint density at radius 3 is 3.00 bits per heavy atom. The number of ether oxygens (including phenoxy) is 1. The number of ketones is 1. The molecule has 0 N–H and O–H groups in total. The van der Waals surface area contributed by atoms with E-state index in [0.29, 0.717) is 19.0 Å². The van der Waals surface area contributed by atoms with E-state index in [-0.39, 0.29) is 5.25 Å². The van der Waals surface area contributed by atoms with Crippen molar-refractivity contribution in [3.05, 3.63) is 34.9 Å². The fraction of sp³-hybridized carbons (Fsp3) is 0.462. The molecule has 1 atom stereocenters. The fourth-order valence-electron chi connectivity index (χ4n) is 2.30. The van der Waals surface area contributed by atoms with Gasteiger partial charge >= 0.3 is 0 Å². The Balaban J connectivity index is 1.86. The van der Waals surface area contributed by atoms with Crippen molar-refractivity contribution < 1.29 is 9.53 Å².